The molecule has 8 heteroatoms. The van der Waals surface area contributed by atoms with Gasteiger partial charge in [0.2, 0.25) is 0 Å². The molecule has 0 radical (unpaired) electrons. The lowest BCUT2D eigenvalue weighted by molar-refractivity contribution is 0.0136. The predicted octanol–water partition coefficient (Wildman–Crippen LogP) is 2.10. The minimum Gasteiger partial charge on any atom is -0.464 e. The average molecular weight is 350 g/mol. The number of anilines is 1. The van der Waals surface area contributed by atoms with Gasteiger partial charge in [0, 0.05) is 19.6 Å². The Kier molecular flexibility index (Phi) is 5.81. The van der Waals surface area contributed by atoms with Gasteiger partial charge in [-0.25, -0.2) is 19.6 Å². The van der Waals surface area contributed by atoms with Gasteiger partial charge in [0.05, 0.1) is 25.5 Å². The summed E-state index contributed by atoms with van der Waals surface area (Å²) < 4.78 is 10.1. The van der Waals surface area contributed by atoms with Crippen molar-refractivity contribution in [3.63, 3.8) is 0 Å². The summed E-state index contributed by atoms with van der Waals surface area (Å²) in [6, 6.07) is 0.0330. The summed E-state index contributed by atoms with van der Waals surface area (Å²) in [7, 11) is 1.31. The minimum absolute atomic E-state index is 0.0330. The topological polar surface area (TPSA) is 84.9 Å². The molecule has 1 atom stereocenters. The fraction of sp³-hybridized carbons (Fsp3) is 0.647. The van der Waals surface area contributed by atoms with Crippen LogP contribution in [0.25, 0.3) is 0 Å². The Bertz CT molecular complexity index is 612. The molecule has 1 fully saturated rings. The van der Waals surface area contributed by atoms with E-state index in [4.69, 9.17) is 4.74 Å². The molecule has 138 valence electrons. The van der Waals surface area contributed by atoms with Crippen molar-refractivity contribution in [3.05, 3.63) is 18.1 Å². The van der Waals surface area contributed by atoms with Gasteiger partial charge in [0.25, 0.3) is 0 Å². The van der Waals surface area contributed by atoms with E-state index in [0.29, 0.717) is 25.5 Å². The smallest absolute Gasteiger partial charge is 0.410 e. The zero-order valence-electron chi connectivity index (χ0n) is 15.5. The van der Waals surface area contributed by atoms with E-state index in [1.54, 1.807) is 11.1 Å². The van der Waals surface area contributed by atoms with Gasteiger partial charge in [-0.15, -0.1) is 0 Å². The number of methoxy groups -OCH3 is 1. The highest BCUT2D eigenvalue weighted by atomic mass is 16.6. The Balaban J connectivity index is 2.05. The largest absolute Gasteiger partial charge is 0.464 e. The number of aromatic nitrogens is 2. The monoisotopic (exact) mass is 350 g/mol. The standard InChI is InChI=1S/C17H26N4O4/c1-6-12-11-20(7-8-21(12)16(23)25-17(2,3)4)14-10-18-13(9-19-14)15(22)24-5/h9-10,12H,6-8,11H2,1-5H3. The SMILES string of the molecule is CCC1CN(c2cnc(C(=O)OC)cn2)CCN1C(=O)OC(C)(C)C. The highest BCUT2D eigenvalue weighted by Crippen LogP contribution is 2.21. The fourth-order valence-electron chi connectivity index (χ4n) is 2.67. The Morgan fingerprint density at radius 1 is 1.24 bits per heavy atom. The lowest BCUT2D eigenvalue weighted by Gasteiger charge is -2.41. The Morgan fingerprint density at radius 2 is 1.96 bits per heavy atom. The van der Waals surface area contributed by atoms with Crippen LogP contribution in [0.15, 0.2) is 12.4 Å². The molecule has 0 spiro atoms. The summed E-state index contributed by atoms with van der Waals surface area (Å²) in [5.74, 6) is 0.162. The second-order valence-electron chi connectivity index (χ2n) is 6.93. The number of carbonyl (C=O) groups excluding carboxylic acids is 2. The van der Waals surface area contributed by atoms with Crippen LogP contribution in [0.2, 0.25) is 0 Å². The molecule has 1 aromatic heterocycles. The summed E-state index contributed by atoms with van der Waals surface area (Å²) >= 11 is 0. The molecule has 1 unspecified atom stereocenters. The van der Waals surface area contributed by atoms with Crippen LogP contribution in [0.3, 0.4) is 0 Å². The summed E-state index contributed by atoms with van der Waals surface area (Å²) in [5, 5.41) is 0. The van der Waals surface area contributed by atoms with Gasteiger partial charge >= 0.3 is 12.1 Å². The molecular weight excluding hydrogens is 324 g/mol. The second-order valence-corrected chi connectivity index (χ2v) is 6.93. The first-order valence-electron chi connectivity index (χ1n) is 8.40. The molecule has 0 N–H and O–H groups in total. The van der Waals surface area contributed by atoms with Gasteiger partial charge in [-0.3, -0.25) is 0 Å². The number of ether oxygens (including phenoxy) is 2. The second kappa shape index (κ2) is 7.67. The molecule has 0 saturated carbocycles. The van der Waals surface area contributed by atoms with Crippen molar-refractivity contribution in [3.8, 4) is 0 Å². The molecule has 1 aromatic rings. The van der Waals surface area contributed by atoms with Crippen molar-refractivity contribution in [1.29, 1.82) is 0 Å². The van der Waals surface area contributed by atoms with E-state index < -0.39 is 11.6 Å². The molecule has 0 bridgehead atoms. The quantitative estimate of drug-likeness (QED) is 0.772. The van der Waals surface area contributed by atoms with E-state index in [2.05, 4.69) is 19.6 Å². The number of amides is 1. The maximum atomic E-state index is 12.4. The summed E-state index contributed by atoms with van der Waals surface area (Å²) in [6.07, 6.45) is 3.49. The highest BCUT2D eigenvalue weighted by molar-refractivity contribution is 5.86. The molecule has 1 aliphatic rings. The van der Waals surface area contributed by atoms with Crippen molar-refractivity contribution in [2.45, 2.75) is 45.8 Å². The van der Waals surface area contributed by atoms with E-state index in [1.807, 2.05) is 27.7 Å². The Morgan fingerprint density at radius 3 is 2.48 bits per heavy atom. The van der Waals surface area contributed by atoms with Gasteiger partial charge in [0.15, 0.2) is 5.69 Å². The molecule has 0 aromatic carbocycles. The lowest BCUT2D eigenvalue weighted by atomic mass is 10.1. The molecule has 1 saturated heterocycles. The van der Waals surface area contributed by atoms with Crippen LogP contribution < -0.4 is 4.90 Å². The highest BCUT2D eigenvalue weighted by Gasteiger charge is 2.32. The number of carbonyl (C=O) groups is 2. The van der Waals surface area contributed by atoms with E-state index >= 15 is 0 Å². The molecule has 2 rings (SSSR count). The summed E-state index contributed by atoms with van der Waals surface area (Å²) in [6.45, 7) is 9.44. The van der Waals surface area contributed by atoms with E-state index in [-0.39, 0.29) is 17.8 Å². The van der Waals surface area contributed by atoms with Crippen molar-refractivity contribution < 1.29 is 19.1 Å². The van der Waals surface area contributed by atoms with Crippen LogP contribution in [0.1, 0.15) is 44.6 Å². The Hall–Kier alpha value is -2.38. The number of piperazine rings is 1. The molecule has 25 heavy (non-hydrogen) atoms. The van der Waals surface area contributed by atoms with Gasteiger partial charge in [-0.1, -0.05) is 6.92 Å². The molecule has 0 aliphatic carbocycles. The number of esters is 1. The van der Waals surface area contributed by atoms with Crippen molar-refractivity contribution in [2.75, 3.05) is 31.6 Å². The number of nitrogens with zero attached hydrogens (tertiary/aromatic N) is 4. The third-order valence-electron chi connectivity index (χ3n) is 3.94. The van der Waals surface area contributed by atoms with Crippen LogP contribution in [0, 0.1) is 0 Å². The van der Waals surface area contributed by atoms with Gasteiger partial charge in [-0.05, 0) is 27.2 Å². The normalized spacial score (nSPS) is 18.0. The molecule has 1 aliphatic heterocycles. The van der Waals surface area contributed by atoms with Crippen LogP contribution in [-0.4, -0.2) is 65.3 Å². The van der Waals surface area contributed by atoms with E-state index in [0.717, 1.165) is 6.42 Å². The maximum Gasteiger partial charge on any atom is 0.410 e. The lowest BCUT2D eigenvalue weighted by Crippen LogP contribution is -2.56. The number of hydrogen-bond donors (Lipinski definition) is 0. The van der Waals surface area contributed by atoms with E-state index in [9.17, 15) is 9.59 Å². The van der Waals surface area contributed by atoms with Crippen LogP contribution in [0.4, 0.5) is 10.6 Å². The third-order valence-corrected chi connectivity index (χ3v) is 3.94. The van der Waals surface area contributed by atoms with Crippen molar-refractivity contribution >= 4 is 17.9 Å². The number of rotatable bonds is 3. The van der Waals surface area contributed by atoms with Crippen molar-refractivity contribution in [1.82, 2.24) is 14.9 Å². The first kappa shape index (κ1) is 19.0. The first-order valence-corrected chi connectivity index (χ1v) is 8.40. The molecule has 8 nitrogen and oxygen atoms in total. The summed E-state index contributed by atoms with van der Waals surface area (Å²) in [4.78, 5) is 36.0. The maximum absolute atomic E-state index is 12.4. The van der Waals surface area contributed by atoms with Crippen LogP contribution in [-0.2, 0) is 9.47 Å². The summed E-state index contributed by atoms with van der Waals surface area (Å²) in [5.41, 5.74) is -0.340. The fourth-order valence-corrected chi connectivity index (χ4v) is 2.67. The van der Waals surface area contributed by atoms with Gasteiger partial charge in [0.1, 0.15) is 11.4 Å². The first-order chi connectivity index (χ1) is 11.7. The minimum atomic E-state index is -0.514. The predicted molar refractivity (Wildman–Crippen MR) is 92.6 cm³/mol. The van der Waals surface area contributed by atoms with Gasteiger partial charge in [-0.2, -0.15) is 0 Å². The molecule has 2 heterocycles. The zero-order chi connectivity index (χ0) is 18.6. The average Bonchev–Trinajstić information content (AvgIpc) is 2.59. The molecular formula is C17H26N4O4. The Labute approximate surface area is 148 Å². The third kappa shape index (κ3) is 4.80. The van der Waals surface area contributed by atoms with Crippen LogP contribution in [0.5, 0.6) is 0 Å². The number of hydrogen-bond acceptors (Lipinski definition) is 7. The van der Waals surface area contributed by atoms with Crippen molar-refractivity contribution in [2.24, 2.45) is 0 Å². The van der Waals surface area contributed by atoms with Crippen LogP contribution >= 0.6 is 0 Å². The van der Waals surface area contributed by atoms with E-state index in [1.165, 1.54) is 13.3 Å². The van der Waals surface area contributed by atoms with Gasteiger partial charge < -0.3 is 19.3 Å². The zero-order valence-corrected chi connectivity index (χ0v) is 15.5. The molecule has 1 amide bonds.